The Balaban J connectivity index is 1.74. The van der Waals surface area contributed by atoms with Gasteiger partial charge in [-0.25, -0.2) is 10.9 Å². The molecule has 6 atom stereocenters. The third kappa shape index (κ3) is 3.47. The summed E-state index contributed by atoms with van der Waals surface area (Å²) in [6.45, 7) is 4.04. The summed E-state index contributed by atoms with van der Waals surface area (Å²) in [5.41, 5.74) is 13.0. The average Bonchev–Trinajstić information content (AvgIpc) is 3.33. The minimum Gasteiger partial charge on any atom is -0.461 e. The van der Waals surface area contributed by atoms with Crippen molar-refractivity contribution in [3.05, 3.63) is 46.6 Å². The number of rotatable bonds is 4. The van der Waals surface area contributed by atoms with E-state index < -0.39 is 12.5 Å². The first-order chi connectivity index (χ1) is 13.0. The van der Waals surface area contributed by atoms with Crippen molar-refractivity contribution < 1.29 is 14.6 Å². The lowest BCUT2D eigenvalue weighted by Crippen LogP contribution is -2.41. The van der Waals surface area contributed by atoms with Gasteiger partial charge in [-0.1, -0.05) is 34.1 Å². The van der Waals surface area contributed by atoms with Gasteiger partial charge in [0.1, 0.15) is 24.0 Å². The maximum atomic E-state index is 10.5. The maximum Gasteiger partial charge on any atom is 0.135 e. The van der Waals surface area contributed by atoms with Crippen molar-refractivity contribution in [1.82, 2.24) is 21.7 Å². The molecule has 0 amide bonds. The molecule has 1 aromatic heterocycles. The third-order valence-corrected chi connectivity index (χ3v) is 6.42. The molecule has 3 heterocycles. The number of aliphatic hydroxyl groups is 2. The van der Waals surface area contributed by atoms with Crippen molar-refractivity contribution in [3.8, 4) is 11.3 Å². The van der Waals surface area contributed by atoms with E-state index in [-0.39, 0.29) is 29.8 Å². The van der Waals surface area contributed by atoms with E-state index >= 15 is 0 Å². The molecule has 4 rings (SSSR count). The van der Waals surface area contributed by atoms with Crippen molar-refractivity contribution >= 4 is 15.9 Å². The minimum absolute atomic E-state index is 0.0158. The van der Waals surface area contributed by atoms with Crippen LogP contribution in [-0.4, -0.2) is 34.8 Å². The van der Waals surface area contributed by atoms with Crippen LogP contribution in [0.3, 0.4) is 0 Å². The van der Waals surface area contributed by atoms with Crippen molar-refractivity contribution in [3.63, 3.8) is 0 Å². The second-order valence-electron chi connectivity index (χ2n) is 7.41. The molecule has 2 aliphatic rings. The number of hydrazine groups is 2. The van der Waals surface area contributed by atoms with Crippen LogP contribution in [0.2, 0.25) is 0 Å². The lowest BCUT2D eigenvalue weighted by atomic mass is 9.73. The van der Waals surface area contributed by atoms with Gasteiger partial charge in [0.2, 0.25) is 0 Å². The highest BCUT2D eigenvalue weighted by Crippen LogP contribution is 2.43. The first kappa shape index (κ1) is 19.1. The number of aliphatic hydroxyl groups excluding tert-OH is 2. The predicted molar refractivity (Wildman–Crippen MR) is 105 cm³/mol. The number of hydrogen-bond acceptors (Lipinski definition) is 7. The van der Waals surface area contributed by atoms with Crippen molar-refractivity contribution in [2.24, 2.45) is 11.8 Å². The molecule has 0 aliphatic carbocycles. The van der Waals surface area contributed by atoms with Crippen molar-refractivity contribution in [2.75, 3.05) is 0 Å². The van der Waals surface area contributed by atoms with Crippen LogP contribution in [0, 0.1) is 11.8 Å². The molecule has 8 heteroatoms. The van der Waals surface area contributed by atoms with Crippen molar-refractivity contribution in [2.45, 2.75) is 44.3 Å². The van der Waals surface area contributed by atoms with Crippen LogP contribution in [0.1, 0.15) is 25.5 Å². The van der Waals surface area contributed by atoms with Gasteiger partial charge in [-0.3, -0.25) is 10.9 Å². The molecule has 1 aromatic carbocycles. The van der Waals surface area contributed by atoms with Gasteiger partial charge in [0.05, 0.1) is 0 Å². The van der Waals surface area contributed by atoms with Gasteiger partial charge in [0.25, 0.3) is 0 Å². The van der Waals surface area contributed by atoms with Gasteiger partial charge in [0.15, 0.2) is 0 Å². The van der Waals surface area contributed by atoms with Crippen LogP contribution in [0.15, 0.2) is 45.3 Å². The average molecular weight is 437 g/mol. The van der Waals surface area contributed by atoms with Crippen LogP contribution >= 0.6 is 15.9 Å². The van der Waals surface area contributed by atoms with Crippen LogP contribution in [-0.2, 0) is 0 Å². The Bertz CT molecular complexity index is 757. The fraction of sp³-hybridized carbons (Fsp3) is 0.474. The summed E-state index contributed by atoms with van der Waals surface area (Å²) >= 11 is 3.57. The summed E-state index contributed by atoms with van der Waals surface area (Å²) in [6.07, 6.45) is -1.47. The van der Waals surface area contributed by atoms with Gasteiger partial charge in [-0.15, -0.1) is 0 Å². The van der Waals surface area contributed by atoms with E-state index in [4.69, 9.17) is 4.42 Å². The van der Waals surface area contributed by atoms with E-state index in [1.807, 2.05) is 50.2 Å². The Morgan fingerprint density at radius 2 is 1.48 bits per heavy atom. The summed E-state index contributed by atoms with van der Waals surface area (Å²) in [6, 6.07) is 11.8. The summed E-state index contributed by atoms with van der Waals surface area (Å²) in [5, 5.41) is 21.1. The number of benzene rings is 1. The highest BCUT2D eigenvalue weighted by atomic mass is 79.9. The molecule has 27 heavy (non-hydrogen) atoms. The highest BCUT2D eigenvalue weighted by molar-refractivity contribution is 9.10. The second-order valence-corrected chi connectivity index (χ2v) is 8.26. The quantitative estimate of drug-likeness (QED) is 0.433. The third-order valence-electron chi connectivity index (χ3n) is 5.73. The summed E-state index contributed by atoms with van der Waals surface area (Å²) < 4.78 is 7.22. The standard InChI is InChI=1S/C19H25BrN4O3/c1-9-15(18(25)23-21-9)17(16-10(2)22-24-19(16)26)14-8-7-13(27-14)11-5-3-4-6-12(11)20/h3-10,15-19,21-26H,1-2H3. The first-order valence-electron chi connectivity index (χ1n) is 9.20. The Morgan fingerprint density at radius 1 is 0.889 bits per heavy atom. The Kier molecular flexibility index (Phi) is 5.39. The normalized spacial score (nSPS) is 34.9. The van der Waals surface area contributed by atoms with Gasteiger partial charge in [0, 0.05) is 39.9 Å². The molecule has 0 bridgehead atoms. The summed E-state index contributed by atoms with van der Waals surface area (Å²) in [5.74, 6) is 0.994. The second kappa shape index (κ2) is 7.63. The van der Waals surface area contributed by atoms with E-state index in [0.29, 0.717) is 0 Å². The molecule has 2 fully saturated rings. The highest BCUT2D eigenvalue weighted by Gasteiger charge is 2.49. The van der Waals surface area contributed by atoms with E-state index in [1.165, 1.54) is 0 Å². The molecule has 0 spiro atoms. The number of halogens is 1. The molecule has 146 valence electrons. The lowest BCUT2D eigenvalue weighted by Gasteiger charge is -2.33. The van der Waals surface area contributed by atoms with Gasteiger partial charge in [-0.2, -0.15) is 0 Å². The fourth-order valence-corrected chi connectivity index (χ4v) is 4.83. The van der Waals surface area contributed by atoms with E-state index in [0.717, 1.165) is 21.6 Å². The van der Waals surface area contributed by atoms with Gasteiger partial charge >= 0.3 is 0 Å². The molecule has 2 saturated heterocycles. The number of hydrogen-bond donors (Lipinski definition) is 6. The molecule has 2 aliphatic heterocycles. The summed E-state index contributed by atoms with van der Waals surface area (Å²) in [4.78, 5) is 0. The zero-order chi connectivity index (χ0) is 19.1. The topological polar surface area (TPSA) is 102 Å². The Morgan fingerprint density at radius 3 is 2.00 bits per heavy atom. The molecule has 0 saturated carbocycles. The monoisotopic (exact) mass is 436 g/mol. The molecular weight excluding hydrogens is 412 g/mol. The van der Waals surface area contributed by atoms with Crippen LogP contribution in [0.25, 0.3) is 11.3 Å². The van der Waals surface area contributed by atoms with E-state index in [2.05, 4.69) is 37.6 Å². The molecule has 6 unspecified atom stereocenters. The van der Waals surface area contributed by atoms with E-state index in [9.17, 15) is 10.2 Å². The zero-order valence-electron chi connectivity index (χ0n) is 15.2. The predicted octanol–water partition coefficient (Wildman–Crippen LogP) is 1.65. The fourth-order valence-electron chi connectivity index (χ4n) is 4.35. The molecule has 6 N–H and O–H groups in total. The Hall–Kier alpha value is -1.26. The van der Waals surface area contributed by atoms with E-state index in [1.54, 1.807) is 0 Å². The molecule has 2 aromatic rings. The zero-order valence-corrected chi connectivity index (χ0v) is 16.8. The molecule has 0 radical (unpaired) electrons. The number of furan rings is 1. The molecular formula is C19H25BrN4O3. The first-order valence-corrected chi connectivity index (χ1v) is 9.99. The number of nitrogens with one attached hydrogen (secondary N) is 4. The molecule has 7 nitrogen and oxygen atoms in total. The lowest BCUT2D eigenvalue weighted by molar-refractivity contribution is 0.0335. The Labute approximate surface area is 166 Å². The minimum atomic E-state index is -0.734. The van der Waals surface area contributed by atoms with Crippen molar-refractivity contribution in [1.29, 1.82) is 0 Å². The SMILES string of the molecule is CC1NNC(O)C1C(c1ccc(-c2ccccc2Br)o1)C1C(C)NNC1O. The van der Waals surface area contributed by atoms with Crippen LogP contribution in [0.4, 0.5) is 0 Å². The largest absolute Gasteiger partial charge is 0.461 e. The van der Waals surface area contributed by atoms with Crippen LogP contribution in [0.5, 0.6) is 0 Å². The smallest absolute Gasteiger partial charge is 0.135 e. The van der Waals surface area contributed by atoms with Crippen LogP contribution < -0.4 is 21.7 Å². The maximum absolute atomic E-state index is 10.5. The van der Waals surface area contributed by atoms with Gasteiger partial charge in [-0.05, 0) is 32.0 Å². The van der Waals surface area contributed by atoms with Gasteiger partial charge < -0.3 is 14.6 Å². The summed E-state index contributed by atoms with van der Waals surface area (Å²) in [7, 11) is 0.